The van der Waals surface area contributed by atoms with Crippen molar-refractivity contribution in [2.75, 3.05) is 7.11 Å². The van der Waals surface area contributed by atoms with Crippen molar-refractivity contribution in [2.24, 2.45) is 0 Å². The zero-order chi connectivity index (χ0) is 15.2. The van der Waals surface area contributed by atoms with Gasteiger partial charge in [-0.3, -0.25) is 0 Å². The van der Waals surface area contributed by atoms with E-state index in [9.17, 15) is 5.11 Å². The Morgan fingerprint density at radius 3 is 2.62 bits per heavy atom. The van der Waals surface area contributed by atoms with Gasteiger partial charge in [0, 0.05) is 16.1 Å². The number of hydrogen-bond donors (Lipinski definition) is 1. The molecule has 3 nitrogen and oxygen atoms in total. The molecule has 1 N–H and O–H groups in total. The molecule has 0 spiro atoms. The van der Waals surface area contributed by atoms with Crippen LogP contribution in [-0.4, -0.2) is 12.2 Å². The molecule has 0 radical (unpaired) electrons. The maximum atomic E-state index is 10.0. The second-order valence-electron chi connectivity index (χ2n) is 4.71. The van der Waals surface area contributed by atoms with Crippen LogP contribution in [0.2, 0.25) is 5.02 Å². The maximum Gasteiger partial charge on any atom is 0.125 e. The van der Waals surface area contributed by atoms with E-state index in [2.05, 4.69) is 0 Å². The summed E-state index contributed by atoms with van der Waals surface area (Å²) in [7, 11) is 1.61. The molecule has 112 valence electrons. The van der Waals surface area contributed by atoms with Crippen LogP contribution in [0.25, 0.3) is 0 Å². The lowest BCUT2D eigenvalue weighted by Gasteiger charge is -2.16. The topological polar surface area (TPSA) is 38.7 Å². The number of benzene rings is 2. The van der Waals surface area contributed by atoms with Crippen molar-refractivity contribution in [3.8, 4) is 11.5 Å². The number of aliphatic hydroxyl groups excluding tert-OH is 1. The molecule has 1 atom stereocenters. The molecule has 21 heavy (non-hydrogen) atoms. The van der Waals surface area contributed by atoms with E-state index in [1.54, 1.807) is 13.2 Å². The molecule has 2 rings (SSSR count). The number of rotatable bonds is 6. The van der Waals surface area contributed by atoms with Gasteiger partial charge >= 0.3 is 0 Å². The molecule has 0 saturated heterocycles. The highest BCUT2D eigenvalue weighted by molar-refractivity contribution is 6.30. The Kier molecular flexibility index (Phi) is 5.48. The van der Waals surface area contributed by atoms with Crippen LogP contribution in [0.5, 0.6) is 11.5 Å². The fourth-order valence-corrected chi connectivity index (χ4v) is 2.32. The van der Waals surface area contributed by atoms with Gasteiger partial charge in [-0.2, -0.15) is 0 Å². The van der Waals surface area contributed by atoms with Gasteiger partial charge < -0.3 is 14.6 Å². The third-order valence-corrected chi connectivity index (χ3v) is 3.53. The Labute approximate surface area is 130 Å². The average Bonchev–Trinajstić information content (AvgIpc) is 2.52. The lowest BCUT2D eigenvalue weighted by atomic mass is 10.1. The average molecular weight is 307 g/mol. The van der Waals surface area contributed by atoms with E-state index in [0.717, 1.165) is 16.9 Å². The molecule has 0 fully saturated rings. The van der Waals surface area contributed by atoms with Crippen molar-refractivity contribution in [3.05, 3.63) is 58.6 Å². The Balaban J connectivity index is 2.19. The molecular weight excluding hydrogens is 288 g/mol. The van der Waals surface area contributed by atoms with Crippen molar-refractivity contribution in [2.45, 2.75) is 26.1 Å². The maximum absolute atomic E-state index is 10.0. The molecule has 0 amide bonds. The molecule has 4 heteroatoms. The van der Waals surface area contributed by atoms with E-state index in [1.807, 2.05) is 43.3 Å². The van der Waals surface area contributed by atoms with Gasteiger partial charge in [-0.15, -0.1) is 0 Å². The van der Waals surface area contributed by atoms with Crippen LogP contribution in [-0.2, 0) is 6.61 Å². The van der Waals surface area contributed by atoms with Gasteiger partial charge in [0.15, 0.2) is 0 Å². The zero-order valence-corrected chi connectivity index (χ0v) is 12.9. The first-order valence-corrected chi connectivity index (χ1v) is 7.25. The molecule has 0 saturated carbocycles. The number of methoxy groups -OCH3 is 1. The van der Waals surface area contributed by atoms with Crippen LogP contribution in [0, 0.1) is 0 Å². The molecule has 2 aromatic rings. The first kappa shape index (κ1) is 15.7. The van der Waals surface area contributed by atoms with Gasteiger partial charge in [0.1, 0.15) is 18.1 Å². The van der Waals surface area contributed by atoms with Crippen molar-refractivity contribution in [3.63, 3.8) is 0 Å². The lowest BCUT2D eigenvalue weighted by molar-refractivity contribution is 0.166. The fraction of sp³-hybridized carbons (Fsp3) is 0.294. The minimum atomic E-state index is -0.526. The predicted molar refractivity (Wildman–Crippen MR) is 84.0 cm³/mol. The van der Waals surface area contributed by atoms with E-state index >= 15 is 0 Å². The van der Waals surface area contributed by atoms with E-state index < -0.39 is 6.10 Å². The summed E-state index contributed by atoms with van der Waals surface area (Å²) in [5.41, 5.74) is 1.66. The molecule has 0 bridgehead atoms. The van der Waals surface area contributed by atoms with Gasteiger partial charge in [0.2, 0.25) is 0 Å². The van der Waals surface area contributed by atoms with Gasteiger partial charge in [-0.05, 0) is 30.7 Å². The number of hydrogen-bond acceptors (Lipinski definition) is 3. The SMILES string of the molecule is CC[C@@H](O)c1ccccc1OCc1cc(Cl)ccc1OC. The Bertz CT molecular complexity index is 598. The van der Waals surface area contributed by atoms with Crippen LogP contribution in [0.3, 0.4) is 0 Å². The smallest absolute Gasteiger partial charge is 0.125 e. The lowest BCUT2D eigenvalue weighted by Crippen LogP contribution is -2.03. The second kappa shape index (κ2) is 7.34. The minimum absolute atomic E-state index is 0.331. The quantitative estimate of drug-likeness (QED) is 0.861. The van der Waals surface area contributed by atoms with Gasteiger partial charge in [-0.1, -0.05) is 36.7 Å². The van der Waals surface area contributed by atoms with Crippen molar-refractivity contribution in [1.29, 1.82) is 0 Å². The number of aliphatic hydroxyl groups is 1. The summed E-state index contributed by atoms with van der Waals surface area (Å²) in [6.07, 6.45) is 0.114. The van der Waals surface area contributed by atoms with Crippen LogP contribution in [0.15, 0.2) is 42.5 Å². The van der Waals surface area contributed by atoms with Crippen LogP contribution in [0.1, 0.15) is 30.6 Å². The summed E-state index contributed by atoms with van der Waals surface area (Å²) in [5, 5.41) is 10.7. The number of para-hydroxylation sites is 1. The summed E-state index contributed by atoms with van der Waals surface area (Å²) in [5.74, 6) is 1.40. The Morgan fingerprint density at radius 2 is 1.90 bits per heavy atom. The standard InChI is InChI=1S/C17H19ClO3/c1-3-15(19)14-6-4-5-7-17(14)21-11-12-10-13(18)8-9-16(12)20-2/h4-10,15,19H,3,11H2,1-2H3/t15-/m1/s1. The molecule has 0 heterocycles. The highest BCUT2D eigenvalue weighted by Crippen LogP contribution is 2.29. The molecular formula is C17H19ClO3. The Morgan fingerprint density at radius 1 is 1.14 bits per heavy atom. The molecule has 0 unspecified atom stereocenters. The summed E-state index contributed by atoms with van der Waals surface area (Å²) in [4.78, 5) is 0. The van der Waals surface area contributed by atoms with Gasteiger partial charge in [0.25, 0.3) is 0 Å². The van der Waals surface area contributed by atoms with Gasteiger partial charge in [0.05, 0.1) is 13.2 Å². The third-order valence-electron chi connectivity index (χ3n) is 3.29. The summed E-state index contributed by atoms with van der Waals surface area (Å²) < 4.78 is 11.1. The zero-order valence-electron chi connectivity index (χ0n) is 12.2. The summed E-state index contributed by atoms with van der Waals surface area (Å²) in [6, 6.07) is 12.9. The van der Waals surface area contributed by atoms with E-state index in [0.29, 0.717) is 23.8 Å². The van der Waals surface area contributed by atoms with Gasteiger partial charge in [-0.25, -0.2) is 0 Å². The summed E-state index contributed by atoms with van der Waals surface area (Å²) >= 11 is 6.01. The number of halogens is 1. The molecule has 0 aromatic heterocycles. The minimum Gasteiger partial charge on any atom is -0.496 e. The molecule has 0 aliphatic heterocycles. The van der Waals surface area contributed by atoms with Crippen molar-refractivity contribution in [1.82, 2.24) is 0 Å². The third kappa shape index (κ3) is 3.90. The summed E-state index contributed by atoms with van der Waals surface area (Å²) in [6.45, 7) is 2.26. The largest absolute Gasteiger partial charge is 0.496 e. The monoisotopic (exact) mass is 306 g/mol. The van der Waals surface area contributed by atoms with Crippen LogP contribution >= 0.6 is 11.6 Å². The highest BCUT2D eigenvalue weighted by Gasteiger charge is 2.12. The predicted octanol–water partition coefficient (Wildman–Crippen LogP) is 4.37. The van der Waals surface area contributed by atoms with E-state index in [-0.39, 0.29) is 0 Å². The highest BCUT2D eigenvalue weighted by atomic mass is 35.5. The molecule has 2 aromatic carbocycles. The fourth-order valence-electron chi connectivity index (χ4n) is 2.12. The van der Waals surface area contributed by atoms with E-state index in [4.69, 9.17) is 21.1 Å². The molecule has 0 aliphatic carbocycles. The van der Waals surface area contributed by atoms with Crippen molar-refractivity contribution < 1.29 is 14.6 Å². The second-order valence-corrected chi connectivity index (χ2v) is 5.14. The normalized spacial score (nSPS) is 12.0. The van der Waals surface area contributed by atoms with Crippen LogP contribution in [0.4, 0.5) is 0 Å². The first-order chi connectivity index (χ1) is 10.2. The first-order valence-electron chi connectivity index (χ1n) is 6.88. The van der Waals surface area contributed by atoms with Crippen molar-refractivity contribution >= 4 is 11.6 Å². The number of ether oxygens (including phenoxy) is 2. The van der Waals surface area contributed by atoms with E-state index in [1.165, 1.54) is 0 Å². The van der Waals surface area contributed by atoms with Crippen LogP contribution < -0.4 is 9.47 Å². The molecule has 0 aliphatic rings. The Hall–Kier alpha value is -1.71.